The number of aryl methyl sites for hydroxylation is 1. The number of nitrogens with one attached hydrogen (secondary N) is 1. The lowest BCUT2D eigenvalue weighted by Gasteiger charge is -2.25. The molecule has 0 amide bonds. The van der Waals surface area contributed by atoms with E-state index in [0.717, 1.165) is 13.2 Å². The standard InChI is InChI=1S/C13H20INOS/c1-3-16-9(2)8-15-11-5-4-6-12-10(11)7-13(14)17-12/h7,9,11,15H,3-6,8H2,1-2H3. The van der Waals surface area contributed by atoms with Gasteiger partial charge < -0.3 is 10.1 Å². The van der Waals surface area contributed by atoms with E-state index in [-0.39, 0.29) is 0 Å². The summed E-state index contributed by atoms with van der Waals surface area (Å²) in [6.07, 6.45) is 4.15. The van der Waals surface area contributed by atoms with E-state index in [2.05, 4.69) is 47.8 Å². The van der Waals surface area contributed by atoms with E-state index in [1.54, 1.807) is 4.88 Å². The Morgan fingerprint density at radius 2 is 2.47 bits per heavy atom. The molecule has 1 aliphatic rings. The molecule has 0 saturated carbocycles. The van der Waals surface area contributed by atoms with Crippen LogP contribution in [0.2, 0.25) is 0 Å². The van der Waals surface area contributed by atoms with Gasteiger partial charge in [0.05, 0.1) is 8.99 Å². The van der Waals surface area contributed by atoms with Gasteiger partial charge in [-0.05, 0) is 67.3 Å². The van der Waals surface area contributed by atoms with Crippen LogP contribution in [0.15, 0.2) is 6.07 Å². The van der Waals surface area contributed by atoms with E-state index in [0.29, 0.717) is 12.1 Å². The van der Waals surface area contributed by atoms with Gasteiger partial charge in [0, 0.05) is 24.1 Å². The molecule has 0 aliphatic heterocycles. The Morgan fingerprint density at radius 3 is 3.24 bits per heavy atom. The van der Waals surface area contributed by atoms with Crippen molar-refractivity contribution in [3.63, 3.8) is 0 Å². The second-order valence-electron chi connectivity index (χ2n) is 4.55. The molecule has 2 atom stereocenters. The predicted molar refractivity (Wildman–Crippen MR) is 81.8 cm³/mol. The van der Waals surface area contributed by atoms with Crippen molar-refractivity contribution < 1.29 is 4.74 Å². The molecule has 0 radical (unpaired) electrons. The average molecular weight is 365 g/mol. The molecule has 1 N–H and O–H groups in total. The summed E-state index contributed by atoms with van der Waals surface area (Å²) < 4.78 is 6.98. The molecule has 4 heteroatoms. The van der Waals surface area contributed by atoms with Crippen molar-refractivity contribution in [2.75, 3.05) is 13.2 Å². The smallest absolute Gasteiger partial charge is 0.0671 e. The third-order valence-corrected chi connectivity index (χ3v) is 5.16. The number of hydrogen-bond donors (Lipinski definition) is 1. The average Bonchev–Trinajstić information content (AvgIpc) is 2.67. The third kappa shape index (κ3) is 3.66. The first-order valence-corrected chi connectivity index (χ1v) is 8.23. The zero-order valence-corrected chi connectivity index (χ0v) is 13.4. The normalized spacial score (nSPS) is 21.2. The van der Waals surface area contributed by atoms with Gasteiger partial charge in [0.2, 0.25) is 0 Å². The Balaban J connectivity index is 1.94. The number of hydrogen-bond acceptors (Lipinski definition) is 3. The highest BCUT2D eigenvalue weighted by molar-refractivity contribution is 14.1. The summed E-state index contributed by atoms with van der Waals surface area (Å²) in [4.78, 5) is 1.59. The van der Waals surface area contributed by atoms with E-state index >= 15 is 0 Å². The third-order valence-electron chi connectivity index (χ3n) is 3.19. The second kappa shape index (κ2) is 6.50. The van der Waals surface area contributed by atoms with Crippen LogP contribution < -0.4 is 5.32 Å². The molecule has 2 rings (SSSR count). The van der Waals surface area contributed by atoms with Crippen LogP contribution in [0.1, 0.15) is 43.2 Å². The van der Waals surface area contributed by atoms with Crippen molar-refractivity contribution in [2.24, 2.45) is 0 Å². The highest BCUT2D eigenvalue weighted by atomic mass is 127. The molecule has 1 aliphatic carbocycles. The van der Waals surface area contributed by atoms with Crippen molar-refractivity contribution in [1.29, 1.82) is 0 Å². The van der Waals surface area contributed by atoms with E-state index in [4.69, 9.17) is 4.74 Å². The van der Waals surface area contributed by atoms with E-state index in [1.807, 2.05) is 11.3 Å². The quantitative estimate of drug-likeness (QED) is 0.803. The van der Waals surface area contributed by atoms with Gasteiger partial charge in [0.1, 0.15) is 0 Å². The fourth-order valence-corrected chi connectivity index (χ4v) is 4.50. The maximum atomic E-state index is 5.56. The molecule has 0 fully saturated rings. The van der Waals surface area contributed by atoms with Crippen molar-refractivity contribution in [3.8, 4) is 0 Å². The van der Waals surface area contributed by atoms with Gasteiger partial charge in [-0.15, -0.1) is 11.3 Å². The second-order valence-corrected chi connectivity index (χ2v) is 7.58. The van der Waals surface area contributed by atoms with Gasteiger partial charge in [-0.3, -0.25) is 0 Å². The minimum Gasteiger partial charge on any atom is -0.377 e. The highest BCUT2D eigenvalue weighted by Crippen LogP contribution is 2.36. The van der Waals surface area contributed by atoms with Crippen molar-refractivity contribution in [2.45, 2.75) is 45.3 Å². The van der Waals surface area contributed by atoms with Crippen LogP contribution in [0.5, 0.6) is 0 Å². The number of fused-ring (bicyclic) bond motifs is 1. The van der Waals surface area contributed by atoms with Gasteiger partial charge in [0.25, 0.3) is 0 Å². The zero-order chi connectivity index (χ0) is 12.3. The Kier molecular flexibility index (Phi) is 5.26. The summed E-state index contributed by atoms with van der Waals surface area (Å²) in [6, 6.07) is 2.89. The van der Waals surface area contributed by atoms with Crippen LogP contribution in [0.3, 0.4) is 0 Å². The monoisotopic (exact) mass is 365 g/mol. The topological polar surface area (TPSA) is 21.3 Å². The lowest BCUT2D eigenvalue weighted by Crippen LogP contribution is -2.31. The molecular weight excluding hydrogens is 345 g/mol. The van der Waals surface area contributed by atoms with E-state index in [9.17, 15) is 0 Å². The van der Waals surface area contributed by atoms with Crippen LogP contribution in [0.25, 0.3) is 0 Å². The van der Waals surface area contributed by atoms with Crippen LogP contribution in [-0.4, -0.2) is 19.3 Å². The fraction of sp³-hybridized carbons (Fsp3) is 0.692. The van der Waals surface area contributed by atoms with Crippen molar-refractivity contribution in [1.82, 2.24) is 5.32 Å². The maximum Gasteiger partial charge on any atom is 0.0671 e. The summed E-state index contributed by atoms with van der Waals surface area (Å²) in [5, 5.41) is 3.65. The van der Waals surface area contributed by atoms with Gasteiger partial charge in [-0.1, -0.05) is 0 Å². The SMILES string of the molecule is CCOC(C)CNC1CCCc2sc(I)cc21. The molecule has 0 aromatic carbocycles. The molecule has 2 nitrogen and oxygen atoms in total. The summed E-state index contributed by atoms with van der Waals surface area (Å²) in [6.45, 7) is 5.94. The summed E-state index contributed by atoms with van der Waals surface area (Å²) in [7, 11) is 0. The van der Waals surface area contributed by atoms with Gasteiger partial charge >= 0.3 is 0 Å². The van der Waals surface area contributed by atoms with Gasteiger partial charge in [0.15, 0.2) is 0 Å². The fourth-order valence-electron chi connectivity index (χ4n) is 2.39. The van der Waals surface area contributed by atoms with Gasteiger partial charge in [-0.25, -0.2) is 0 Å². The Labute approximate surface area is 121 Å². The molecule has 96 valence electrons. The molecule has 0 saturated heterocycles. The Bertz CT molecular complexity index is 366. The Morgan fingerprint density at radius 1 is 1.65 bits per heavy atom. The molecule has 1 heterocycles. The zero-order valence-electron chi connectivity index (χ0n) is 10.5. The predicted octanol–water partition coefficient (Wildman–Crippen LogP) is 3.74. The van der Waals surface area contributed by atoms with Crippen LogP contribution in [0.4, 0.5) is 0 Å². The van der Waals surface area contributed by atoms with Crippen molar-refractivity contribution in [3.05, 3.63) is 19.4 Å². The van der Waals surface area contributed by atoms with Gasteiger partial charge in [-0.2, -0.15) is 0 Å². The van der Waals surface area contributed by atoms with Crippen LogP contribution >= 0.6 is 33.9 Å². The number of rotatable bonds is 5. The van der Waals surface area contributed by atoms with E-state index < -0.39 is 0 Å². The lowest BCUT2D eigenvalue weighted by molar-refractivity contribution is 0.0734. The number of thiophene rings is 1. The van der Waals surface area contributed by atoms with Crippen LogP contribution in [0, 0.1) is 2.88 Å². The van der Waals surface area contributed by atoms with Crippen molar-refractivity contribution >= 4 is 33.9 Å². The lowest BCUT2D eigenvalue weighted by atomic mass is 9.94. The summed E-state index contributed by atoms with van der Waals surface area (Å²) in [5.41, 5.74) is 1.54. The number of ether oxygens (including phenoxy) is 1. The largest absolute Gasteiger partial charge is 0.377 e. The molecule has 1 aromatic heterocycles. The van der Waals surface area contributed by atoms with E-state index in [1.165, 1.54) is 27.7 Å². The first kappa shape index (κ1) is 13.8. The molecule has 0 spiro atoms. The molecular formula is C13H20INOS. The number of halogens is 1. The minimum atomic E-state index is 0.308. The molecule has 1 aromatic rings. The summed E-state index contributed by atoms with van der Waals surface area (Å²) >= 11 is 4.39. The maximum absolute atomic E-state index is 5.56. The Hall–Kier alpha value is 0.350. The molecule has 0 bridgehead atoms. The minimum absolute atomic E-state index is 0.308. The molecule has 2 unspecified atom stereocenters. The first-order chi connectivity index (χ1) is 8.20. The van der Waals surface area contributed by atoms with Crippen LogP contribution in [-0.2, 0) is 11.2 Å². The first-order valence-electron chi connectivity index (χ1n) is 6.33. The molecule has 17 heavy (non-hydrogen) atoms. The highest BCUT2D eigenvalue weighted by Gasteiger charge is 2.22. The summed E-state index contributed by atoms with van der Waals surface area (Å²) in [5.74, 6) is 0.